The molecule has 0 fully saturated rings. The van der Waals surface area contributed by atoms with Crippen molar-refractivity contribution in [3.8, 4) is 0 Å². The van der Waals surface area contributed by atoms with Gasteiger partial charge in [-0.1, -0.05) is 55.4 Å². The van der Waals surface area contributed by atoms with Gasteiger partial charge in [0.15, 0.2) is 0 Å². The van der Waals surface area contributed by atoms with Crippen LogP contribution in [0.15, 0.2) is 56.7 Å². The summed E-state index contributed by atoms with van der Waals surface area (Å²) in [5.74, 6) is 0. The lowest BCUT2D eigenvalue weighted by molar-refractivity contribution is 0.585. The van der Waals surface area contributed by atoms with E-state index in [-0.39, 0.29) is 0 Å². The lowest BCUT2D eigenvalue weighted by Crippen LogP contribution is -2.22. The molecule has 2 aromatic carbocycles. The van der Waals surface area contributed by atoms with Crippen molar-refractivity contribution in [3.63, 3.8) is 0 Å². The zero-order valence-corrected chi connectivity index (χ0v) is 14.6. The van der Waals surface area contributed by atoms with E-state index in [9.17, 15) is 0 Å². The quantitative estimate of drug-likeness (QED) is 0.719. The van der Waals surface area contributed by atoms with E-state index >= 15 is 0 Å². The number of nitrogens with one attached hydrogen (secondary N) is 1. The molecule has 0 atom stereocenters. The van der Waals surface area contributed by atoms with Crippen LogP contribution in [-0.2, 0) is 6.54 Å². The van der Waals surface area contributed by atoms with Gasteiger partial charge in [-0.3, -0.25) is 0 Å². The molecule has 0 spiro atoms. The average Bonchev–Trinajstić information content (AvgIpc) is 2.40. The molecule has 4 heteroatoms. The summed E-state index contributed by atoms with van der Waals surface area (Å²) in [5, 5.41) is 4.25. The van der Waals surface area contributed by atoms with Crippen molar-refractivity contribution in [1.29, 1.82) is 0 Å². The first-order valence-corrected chi connectivity index (χ1v) is 8.50. The van der Waals surface area contributed by atoms with Gasteiger partial charge in [0.1, 0.15) is 0 Å². The zero-order valence-electron chi connectivity index (χ0n) is 11.5. The van der Waals surface area contributed by atoms with Gasteiger partial charge in [-0.05, 0) is 45.8 Å². The van der Waals surface area contributed by atoms with Crippen LogP contribution < -0.4 is 5.32 Å². The number of benzene rings is 2. The fraction of sp³-hybridized carbons (Fsp3) is 0.250. The molecule has 0 unspecified atom stereocenters. The molecule has 2 rings (SSSR count). The molecule has 0 aromatic heterocycles. The van der Waals surface area contributed by atoms with Gasteiger partial charge in [-0.2, -0.15) is 0 Å². The van der Waals surface area contributed by atoms with E-state index in [4.69, 9.17) is 11.6 Å². The topological polar surface area (TPSA) is 12.0 Å². The zero-order chi connectivity index (χ0) is 14.5. The number of rotatable bonds is 5. The second-order valence-electron chi connectivity index (χ2n) is 4.78. The summed E-state index contributed by atoms with van der Waals surface area (Å²) in [6.07, 6.45) is 0. The van der Waals surface area contributed by atoms with Gasteiger partial charge in [-0.25, -0.2) is 0 Å². The molecule has 0 aliphatic carbocycles. The lowest BCUT2D eigenvalue weighted by atomic mass is 10.2. The van der Waals surface area contributed by atoms with Gasteiger partial charge in [0.25, 0.3) is 0 Å². The molecule has 0 saturated heterocycles. The van der Waals surface area contributed by atoms with E-state index in [1.165, 1.54) is 9.79 Å². The molecule has 0 aliphatic heterocycles. The lowest BCUT2D eigenvalue weighted by Gasteiger charge is -2.14. The Balaban J connectivity index is 2.27. The molecule has 106 valence electrons. The highest BCUT2D eigenvalue weighted by molar-refractivity contribution is 9.10. The fourth-order valence-corrected chi connectivity index (χ4v) is 3.58. The van der Waals surface area contributed by atoms with E-state index in [1.807, 2.05) is 24.3 Å². The summed E-state index contributed by atoms with van der Waals surface area (Å²) in [5.41, 5.74) is 1.16. The Bertz CT molecular complexity index is 586. The Morgan fingerprint density at radius 2 is 1.80 bits per heavy atom. The molecule has 0 bridgehead atoms. The van der Waals surface area contributed by atoms with Crippen LogP contribution in [0.4, 0.5) is 0 Å². The van der Waals surface area contributed by atoms with Gasteiger partial charge in [0, 0.05) is 31.9 Å². The van der Waals surface area contributed by atoms with E-state index < -0.39 is 0 Å². The van der Waals surface area contributed by atoms with Crippen molar-refractivity contribution in [2.75, 3.05) is 0 Å². The summed E-state index contributed by atoms with van der Waals surface area (Å²) in [6.45, 7) is 5.05. The Hall–Kier alpha value is -0.480. The maximum atomic E-state index is 6.35. The van der Waals surface area contributed by atoms with Crippen molar-refractivity contribution in [2.24, 2.45) is 0 Å². The average molecular weight is 371 g/mol. The SMILES string of the molecule is CC(C)NCc1c(Cl)cccc1Sc1ccccc1Br. The summed E-state index contributed by atoms with van der Waals surface area (Å²) in [6, 6.07) is 14.7. The molecule has 1 N–H and O–H groups in total. The summed E-state index contributed by atoms with van der Waals surface area (Å²) in [4.78, 5) is 2.39. The normalized spacial score (nSPS) is 11.1. The second-order valence-corrected chi connectivity index (χ2v) is 7.13. The maximum Gasteiger partial charge on any atom is 0.0462 e. The fourth-order valence-electron chi connectivity index (χ4n) is 1.76. The minimum Gasteiger partial charge on any atom is -0.310 e. The number of hydrogen-bond acceptors (Lipinski definition) is 2. The molecule has 0 saturated carbocycles. The summed E-state index contributed by atoms with van der Waals surface area (Å²) >= 11 is 11.7. The van der Waals surface area contributed by atoms with Crippen molar-refractivity contribution < 1.29 is 0 Å². The first kappa shape index (κ1) is 15.9. The van der Waals surface area contributed by atoms with E-state index in [0.29, 0.717) is 6.04 Å². The number of halogens is 2. The van der Waals surface area contributed by atoms with Crippen molar-refractivity contribution in [1.82, 2.24) is 5.32 Å². The Morgan fingerprint density at radius 1 is 1.10 bits per heavy atom. The highest BCUT2D eigenvalue weighted by Crippen LogP contribution is 2.37. The van der Waals surface area contributed by atoms with Crippen LogP contribution in [0.3, 0.4) is 0 Å². The highest BCUT2D eigenvalue weighted by atomic mass is 79.9. The van der Waals surface area contributed by atoms with Crippen LogP contribution in [0.1, 0.15) is 19.4 Å². The van der Waals surface area contributed by atoms with Crippen LogP contribution in [-0.4, -0.2) is 6.04 Å². The minimum absolute atomic E-state index is 0.438. The van der Waals surface area contributed by atoms with Crippen molar-refractivity contribution in [2.45, 2.75) is 36.2 Å². The summed E-state index contributed by atoms with van der Waals surface area (Å²) < 4.78 is 1.10. The standard InChI is InChI=1S/C16H17BrClNS/c1-11(2)19-10-12-14(18)7-5-9-15(12)20-16-8-4-3-6-13(16)17/h3-9,11,19H,10H2,1-2H3. The molecule has 0 heterocycles. The van der Waals surface area contributed by atoms with E-state index in [2.05, 4.69) is 53.3 Å². The third-order valence-corrected chi connectivity index (χ3v) is 5.31. The molecule has 1 nitrogen and oxygen atoms in total. The predicted octanol–water partition coefficient (Wildman–Crippen LogP) is 5.75. The number of hydrogen-bond donors (Lipinski definition) is 1. The molecule has 20 heavy (non-hydrogen) atoms. The predicted molar refractivity (Wildman–Crippen MR) is 91.7 cm³/mol. The maximum absolute atomic E-state index is 6.35. The highest BCUT2D eigenvalue weighted by Gasteiger charge is 2.10. The van der Waals surface area contributed by atoms with Crippen LogP contribution in [0.5, 0.6) is 0 Å². The molecule has 0 radical (unpaired) electrons. The van der Waals surface area contributed by atoms with Gasteiger partial charge in [0.05, 0.1) is 0 Å². The van der Waals surface area contributed by atoms with Crippen LogP contribution >= 0.6 is 39.3 Å². The molecule has 0 aliphatic rings. The van der Waals surface area contributed by atoms with E-state index in [1.54, 1.807) is 11.8 Å². The smallest absolute Gasteiger partial charge is 0.0462 e. The first-order valence-electron chi connectivity index (χ1n) is 6.51. The van der Waals surface area contributed by atoms with Crippen molar-refractivity contribution in [3.05, 3.63) is 57.5 Å². The van der Waals surface area contributed by atoms with Crippen LogP contribution in [0.2, 0.25) is 5.02 Å². The van der Waals surface area contributed by atoms with Gasteiger partial charge in [-0.15, -0.1) is 0 Å². The first-order chi connectivity index (χ1) is 9.58. The Labute approximate surface area is 138 Å². The van der Waals surface area contributed by atoms with Gasteiger partial charge < -0.3 is 5.32 Å². The van der Waals surface area contributed by atoms with E-state index in [0.717, 1.165) is 21.6 Å². The van der Waals surface area contributed by atoms with Crippen LogP contribution in [0, 0.1) is 0 Å². The second kappa shape index (κ2) is 7.51. The molecular formula is C16H17BrClNS. The van der Waals surface area contributed by atoms with Crippen molar-refractivity contribution >= 4 is 39.3 Å². The Kier molecular flexibility index (Phi) is 5.97. The summed E-state index contributed by atoms with van der Waals surface area (Å²) in [7, 11) is 0. The van der Waals surface area contributed by atoms with Gasteiger partial charge in [0.2, 0.25) is 0 Å². The minimum atomic E-state index is 0.438. The van der Waals surface area contributed by atoms with Crippen LogP contribution in [0.25, 0.3) is 0 Å². The largest absolute Gasteiger partial charge is 0.310 e. The Morgan fingerprint density at radius 3 is 2.50 bits per heavy atom. The third-order valence-electron chi connectivity index (χ3n) is 2.82. The monoisotopic (exact) mass is 369 g/mol. The molecule has 0 amide bonds. The third kappa shape index (κ3) is 4.26. The molecular weight excluding hydrogens is 354 g/mol. The molecule has 2 aromatic rings. The van der Waals surface area contributed by atoms with Gasteiger partial charge >= 0.3 is 0 Å².